The van der Waals surface area contributed by atoms with Crippen molar-refractivity contribution in [2.24, 2.45) is 5.92 Å². The van der Waals surface area contributed by atoms with Gasteiger partial charge in [0.15, 0.2) is 11.5 Å². The first-order valence-corrected chi connectivity index (χ1v) is 21.2. The molecule has 0 amide bonds. The van der Waals surface area contributed by atoms with Crippen LogP contribution in [-0.2, 0) is 28.9 Å². The molecular formula is C49H53N3O6. The third-order valence-electron chi connectivity index (χ3n) is 13.1. The molecule has 0 saturated heterocycles. The average Bonchev–Trinajstić information content (AvgIpc) is 3.99. The number of nitrogens with one attached hydrogen (secondary N) is 3. The second-order valence-electron chi connectivity index (χ2n) is 17.0. The molecule has 9 rings (SSSR count). The van der Waals surface area contributed by atoms with Crippen LogP contribution in [-0.4, -0.2) is 55.1 Å². The molecule has 300 valence electrons. The maximum Gasteiger partial charge on any atom is 0.161 e. The van der Waals surface area contributed by atoms with Gasteiger partial charge in [0.1, 0.15) is 23.1 Å². The van der Waals surface area contributed by atoms with Gasteiger partial charge in [0.05, 0.1) is 18.6 Å². The Morgan fingerprint density at radius 3 is 2.50 bits per heavy atom. The summed E-state index contributed by atoms with van der Waals surface area (Å²) in [6.07, 6.45) is 13.3. The molecule has 0 unspecified atom stereocenters. The Hall–Kier alpha value is -5.54. The van der Waals surface area contributed by atoms with Gasteiger partial charge < -0.3 is 35.3 Å². The van der Waals surface area contributed by atoms with E-state index in [1.54, 1.807) is 18.2 Å². The van der Waals surface area contributed by atoms with Gasteiger partial charge in [0, 0.05) is 65.9 Å². The first-order chi connectivity index (χ1) is 28.3. The highest BCUT2D eigenvalue weighted by Crippen LogP contribution is 2.47. The van der Waals surface area contributed by atoms with Gasteiger partial charge >= 0.3 is 0 Å². The number of aliphatic hydroxyl groups excluding tert-OH is 1. The van der Waals surface area contributed by atoms with Gasteiger partial charge in [-0.25, -0.2) is 0 Å². The van der Waals surface area contributed by atoms with E-state index in [-0.39, 0.29) is 59.9 Å². The van der Waals surface area contributed by atoms with E-state index in [2.05, 4.69) is 51.7 Å². The first kappa shape index (κ1) is 38.0. The number of Topliss-reactive ketones (excluding diaryl/α,β-unsaturated/α-hetero) is 2. The van der Waals surface area contributed by atoms with Gasteiger partial charge in [-0.2, -0.15) is 0 Å². The number of phenols is 2. The number of carbonyl (C=O) groups excluding carboxylic acids is 2. The lowest BCUT2D eigenvalue weighted by Crippen LogP contribution is -2.37. The standard InChI is InChI=1S/C49H53N3O6/c53-34-8-4-5-29(24-34)11-13-35(54)26-41-39-17-19-50-44(39)28-42-43-16-15-38(40-18-20-51-49(40)52-43)32-7-3-6-30(21-32)22-33-23-31(12-14-36(55)27-45(56)47(41)42)25-46(48(33)57)58-37-9-1-2-10-37/h3-8,17-21,23-25,28,35,37-38,41,43,47,50-54,57H,1-2,9-16,22,26-27H2/t35-,38+,41-,43+,47+/m1/s1. The predicted molar refractivity (Wildman–Crippen MR) is 225 cm³/mol. The molecule has 0 radical (unpaired) electrons. The van der Waals surface area contributed by atoms with E-state index in [9.17, 15) is 24.9 Å². The summed E-state index contributed by atoms with van der Waals surface area (Å²) < 4.78 is 6.41. The van der Waals surface area contributed by atoms with Crippen molar-refractivity contribution in [3.63, 3.8) is 0 Å². The molecule has 0 spiro atoms. The number of hydrogen-bond acceptors (Lipinski definition) is 7. The molecule has 58 heavy (non-hydrogen) atoms. The molecule has 6 bridgehead atoms. The van der Waals surface area contributed by atoms with Gasteiger partial charge in [-0.15, -0.1) is 0 Å². The number of aromatic hydroxyl groups is 2. The number of aliphatic hydroxyl groups is 1. The zero-order valence-electron chi connectivity index (χ0n) is 32.9. The number of benzene rings is 3. The number of rotatable bonds is 7. The predicted octanol–water partition coefficient (Wildman–Crippen LogP) is 9.03. The monoisotopic (exact) mass is 779 g/mol. The van der Waals surface area contributed by atoms with Crippen LogP contribution in [0, 0.1) is 5.92 Å². The van der Waals surface area contributed by atoms with Crippen molar-refractivity contribution in [3.05, 3.63) is 135 Å². The quantitative estimate of drug-likeness (QED) is 0.0904. The maximum atomic E-state index is 14.9. The molecule has 4 aliphatic rings. The van der Waals surface area contributed by atoms with Crippen molar-refractivity contribution in [2.75, 3.05) is 5.32 Å². The number of hydrogen-bond donors (Lipinski definition) is 6. The number of phenolic OH excluding ortho intramolecular Hbond substituents is 2. The number of aryl methyl sites for hydroxylation is 2. The van der Waals surface area contributed by atoms with Crippen LogP contribution in [0.4, 0.5) is 5.82 Å². The summed E-state index contributed by atoms with van der Waals surface area (Å²) in [5, 5.41) is 37.1. The fourth-order valence-electron chi connectivity index (χ4n) is 10.2. The molecule has 3 aromatic carbocycles. The molecule has 1 fully saturated rings. The van der Waals surface area contributed by atoms with Crippen molar-refractivity contribution in [2.45, 2.75) is 114 Å². The maximum absolute atomic E-state index is 14.9. The summed E-state index contributed by atoms with van der Waals surface area (Å²) in [5.41, 5.74) is 8.88. The number of anilines is 1. The molecule has 1 aliphatic heterocycles. The molecule has 9 nitrogen and oxygen atoms in total. The Morgan fingerprint density at radius 1 is 0.810 bits per heavy atom. The number of H-pyrrole nitrogens is 2. The van der Waals surface area contributed by atoms with Crippen LogP contribution in [0.15, 0.2) is 90.8 Å². The summed E-state index contributed by atoms with van der Waals surface area (Å²) in [6.45, 7) is 0. The fourth-order valence-corrected chi connectivity index (χ4v) is 10.2. The lowest BCUT2D eigenvalue weighted by Gasteiger charge is -2.37. The Kier molecular flexibility index (Phi) is 10.7. The topological polar surface area (TPSA) is 148 Å². The Morgan fingerprint density at radius 2 is 1.64 bits per heavy atom. The molecule has 6 N–H and O–H groups in total. The lowest BCUT2D eigenvalue weighted by atomic mass is 9.68. The van der Waals surface area contributed by atoms with Crippen LogP contribution in [0.2, 0.25) is 0 Å². The minimum absolute atomic E-state index is 0.0572. The molecule has 2 aromatic heterocycles. The summed E-state index contributed by atoms with van der Waals surface area (Å²) in [7, 11) is 0. The van der Waals surface area contributed by atoms with E-state index in [0.717, 1.165) is 89.0 Å². The van der Waals surface area contributed by atoms with Gasteiger partial charge in [0.2, 0.25) is 0 Å². The van der Waals surface area contributed by atoms with Crippen LogP contribution in [0.5, 0.6) is 17.2 Å². The number of ketones is 2. The normalized spacial score (nSPS) is 22.7. The highest BCUT2D eigenvalue weighted by molar-refractivity contribution is 6.02. The smallest absolute Gasteiger partial charge is 0.161 e. The van der Waals surface area contributed by atoms with Crippen LogP contribution < -0.4 is 10.1 Å². The molecule has 9 heteroatoms. The SMILES string of the molecule is O=C1CCc2cc(c(O)c(OC3CCCC3)c2)Cc2cccc(c2)[C@@H]2CC[C@H](Nc3[nH]ccc32)C2=Cc3[nH]ccc3[C@@H](C[C@H](O)CCc3cccc(O)c3)[C@@H]2C(=O)C1. The van der Waals surface area contributed by atoms with Crippen molar-refractivity contribution in [1.29, 1.82) is 0 Å². The van der Waals surface area contributed by atoms with Crippen molar-refractivity contribution in [3.8, 4) is 17.2 Å². The third kappa shape index (κ3) is 7.97. The van der Waals surface area contributed by atoms with Crippen molar-refractivity contribution in [1.82, 2.24) is 9.97 Å². The third-order valence-corrected chi connectivity index (χ3v) is 13.1. The van der Waals surface area contributed by atoms with Gasteiger partial charge in [0.25, 0.3) is 0 Å². The minimum atomic E-state index is -0.718. The summed E-state index contributed by atoms with van der Waals surface area (Å²) in [4.78, 5) is 35.7. The Balaban J connectivity index is 1.09. The second-order valence-corrected chi connectivity index (χ2v) is 17.0. The zero-order valence-corrected chi connectivity index (χ0v) is 32.9. The van der Waals surface area contributed by atoms with Crippen molar-refractivity contribution < 1.29 is 29.6 Å². The highest BCUT2D eigenvalue weighted by atomic mass is 16.5. The van der Waals surface area contributed by atoms with E-state index < -0.39 is 12.0 Å². The second kappa shape index (κ2) is 16.4. The molecule has 5 aromatic rings. The van der Waals surface area contributed by atoms with E-state index in [1.165, 1.54) is 5.56 Å². The summed E-state index contributed by atoms with van der Waals surface area (Å²) in [6, 6.07) is 23.6. The average molecular weight is 780 g/mol. The van der Waals surface area contributed by atoms with Gasteiger partial charge in [-0.05, 0) is 134 Å². The number of fused-ring (bicyclic) bond motifs is 13. The van der Waals surface area contributed by atoms with Crippen LogP contribution in [0.1, 0.15) is 121 Å². The summed E-state index contributed by atoms with van der Waals surface area (Å²) >= 11 is 0. The molecular weight excluding hydrogens is 727 g/mol. The molecule has 1 saturated carbocycles. The Labute approximate surface area is 339 Å². The molecule has 5 atom stereocenters. The number of carbonyl (C=O) groups is 2. The number of ether oxygens (including phenoxy) is 1. The first-order valence-electron chi connectivity index (χ1n) is 21.2. The largest absolute Gasteiger partial charge is 0.508 e. The molecule has 3 aliphatic carbocycles. The van der Waals surface area contributed by atoms with E-state index >= 15 is 0 Å². The van der Waals surface area contributed by atoms with E-state index in [0.29, 0.717) is 37.9 Å². The zero-order chi connectivity index (χ0) is 39.8. The Bertz CT molecular complexity index is 2330. The van der Waals surface area contributed by atoms with Crippen LogP contribution >= 0.6 is 0 Å². The van der Waals surface area contributed by atoms with Crippen LogP contribution in [0.3, 0.4) is 0 Å². The van der Waals surface area contributed by atoms with E-state index in [4.69, 9.17) is 4.74 Å². The fraction of sp³-hybridized carbons (Fsp3) is 0.388. The van der Waals surface area contributed by atoms with Gasteiger partial charge in [-0.1, -0.05) is 42.5 Å². The minimum Gasteiger partial charge on any atom is -0.508 e. The highest BCUT2D eigenvalue weighted by Gasteiger charge is 2.42. The van der Waals surface area contributed by atoms with Gasteiger partial charge in [-0.3, -0.25) is 9.59 Å². The number of aromatic amines is 2. The van der Waals surface area contributed by atoms with Crippen molar-refractivity contribution >= 4 is 23.5 Å². The van der Waals surface area contributed by atoms with E-state index in [1.807, 2.05) is 36.7 Å². The van der Waals surface area contributed by atoms with Crippen LogP contribution in [0.25, 0.3) is 6.08 Å². The summed E-state index contributed by atoms with van der Waals surface area (Å²) in [5.74, 6) is 0.582. The molecule has 3 heterocycles. The lowest BCUT2D eigenvalue weighted by molar-refractivity contribution is -0.129. The number of aromatic nitrogens is 2.